The van der Waals surface area contributed by atoms with Crippen LogP contribution in [0.15, 0.2) is 60.7 Å². The fourth-order valence-electron chi connectivity index (χ4n) is 2.99. The van der Waals surface area contributed by atoms with Crippen LogP contribution in [-0.4, -0.2) is 18.2 Å². The lowest BCUT2D eigenvalue weighted by Gasteiger charge is -2.26. The van der Waals surface area contributed by atoms with Crippen molar-refractivity contribution in [1.82, 2.24) is 0 Å². The normalized spacial score (nSPS) is 11.9. The molecule has 0 aliphatic rings. The molecule has 0 amide bonds. The molecule has 0 radical (unpaired) electrons. The van der Waals surface area contributed by atoms with Gasteiger partial charge in [-0.2, -0.15) is 0 Å². The first kappa shape index (κ1) is 21.4. The highest BCUT2D eigenvalue weighted by Crippen LogP contribution is 2.27. The van der Waals surface area contributed by atoms with Gasteiger partial charge in [-0.3, -0.25) is 9.59 Å². The van der Waals surface area contributed by atoms with Gasteiger partial charge in [-0.1, -0.05) is 74.5 Å². The molecule has 0 bridgehead atoms. The third-order valence-electron chi connectivity index (χ3n) is 4.61. The van der Waals surface area contributed by atoms with Crippen molar-refractivity contribution in [3.8, 4) is 0 Å². The number of benzene rings is 2. The Balaban J connectivity index is 2.11. The summed E-state index contributed by atoms with van der Waals surface area (Å²) in [5, 5.41) is 0. The highest BCUT2D eigenvalue weighted by atomic mass is 16.6. The lowest BCUT2D eigenvalue weighted by molar-refractivity contribution is -0.167. The van der Waals surface area contributed by atoms with Crippen LogP contribution < -0.4 is 0 Å². The SMILES string of the molecule is CC(C)[C@@H](CC=O)C(C(=O)OCc1ccccc1)C(=O)OCc1ccccc1. The van der Waals surface area contributed by atoms with Crippen molar-refractivity contribution in [3.05, 3.63) is 71.8 Å². The number of rotatable bonds is 10. The number of esters is 2. The van der Waals surface area contributed by atoms with E-state index in [-0.39, 0.29) is 25.6 Å². The minimum absolute atomic E-state index is 0.0635. The minimum Gasteiger partial charge on any atom is -0.460 e. The number of carbonyl (C=O) groups is 3. The molecule has 2 aromatic carbocycles. The summed E-state index contributed by atoms with van der Waals surface area (Å²) >= 11 is 0. The summed E-state index contributed by atoms with van der Waals surface area (Å²) in [7, 11) is 0. The van der Waals surface area contributed by atoms with Gasteiger partial charge in [0.2, 0.25) is 0 Å². The second-order valence-electron chi connectivity index (χ2n) is 6.97. The Bertz CT molecular complexity index is 700. The Labute approximate surface area is 165 Å². The smallest absolute Gasteiger partial charge is 0.320 e. The summed E-state index contributed by atoms with van der Waals surface area (Å²) in [5.41, 5.74) is 1.65. The number of aldehydes is 1. The zero-order valence-corrected chi connectivity index (χ0v) is 16.2. The fraction of sp³-hybridized carbons (Fsp3) is 0.348. The van der Waals surface area contributed by atoms with Gasteiger partial charge in [0.15, 0.2) is 5.92 Å². The maximum absolute atomic E-state index is 12.8. The molecule has 2 aromatic rings. The van der Waals surface area contributed by atoms with E-state index in [4.69, 9.17) is 9.47 Å². The van der Waals surface area contributed by atoms with Gasteiger partial charge in [0.1, 0.15) is 19.5 Å². The van der Waals surface area contributed by atoms with E-state index in [0.717, 1.165) is 17.4 Å². The Morgan fingerprint density at radius 2 is 1.25 bits per heavy atom. The summed E-state index contributed by atoms with van der Waals surface area (Å²) in [6.45, 7) is 3.87. The van der Waals surface area contributed by atoms with E-state index in [2.05, 4.69) is 0 Å². The molecule has 0 saturated carbocycles. The molecule has 28 heavy (non-hydrogen) atoms. The standard InChI is InChI=1S/C23H26O5/c1-17(2)20(13-14-24)21(22(25)27-15-18-9-5-3-6-10-18)23(26)28-16-19-11-7-4-8-12-19/h3-12,14,17,20-21H,13,15-16H2,1-2H3/t20-/m1/s1. The van der Waals surface area contributed by atoms with Crippen LogP contribution in [-0.2, 0) is 37.1 Å². The molecule has 5 nitrogen and oxygen atoms in total. The molecule has 2 rings (SSSR count). The van der Waals surface area contributed by atoms with Gasteiger partial charge in [-0.15, -0.1) is 0 Å². The predicted octanol–water partition coefficient (Wildman–Crippen LogP) is 3.95. The maximum Gasteiger partial charge on any atom is 0.320 e. The average Bonchev–Trinajstić information content (AvgIpc) is 2.71. The summed E-state index contributed by atoms with van der Waals surface area (Å²) in [5.74, 6) is -3.02. The first-order valence-electron chi connectivity index (χ1n) is 9.37. The predicted molar refractivity (Wildman–Crippen MR) is 105 cm³/mol. The largest absolute Gasteiger partial charge is 0.460 e. The maximum atomic E-state index is 12.8. The fourth-order valence-corrected chi connectivity index (χ4v) is 2.99. The lowest BCUT2D eigenvalue weighted by Crippen LogP contribution is -2.37. The molecule has 0 aliphatic carbocycles. The average molecular weight is 382 g/mol. The van der Waals surface area contributed by atoms with Crippen LogP contribution in [0, 0.1) is 17.8 Å². The van der Waals surface area contributed by atoms with Crippen LogP contribution in [0.2, 0.25) is 0 Å². The molecule has 0 spiro atoms. The zero-order valence-electron chi connectivity index (χ0n) is 16.2. The van der Waals surface area contributed by atoms with Gasteiger partial charge in [-0.05, 0) is 23.0 Å². The van der Waals surface area contributed by atoms with Gasteiger partial charge in [0, 0.05) is 6.42 Å². The first-order valence-corrected chi connectivity index (χ1v) is 9.37. The Kier molecular flexibility index (Phi) is 8.40. The van der Waals surface area contributed by atoms with Crippen molar-refractivity contribution < 1.29 is 23.9 Å². The summed E-state index contributed by atoms with van der Waals surface area (Å²) in [6.07, 6.45) is 0.815. The first-order chi connectivity index (χ1) is 13.5. The van der Waals surface area contributed by atoms with E-state index in [1.54, 1.807) is 0 Å². The highest BCUT2D eigenvalue weighted by molar-refractivity contribution is 5.95. The van der Waals surface area contributed by atoms with Gasteiger partial charge in [0.25, 0.3) is 0 Å². The summed E-state index contributed by atoms with van der Waals surface area (Å²) < 4.78 is 10.8. The zero-order chi connectivity index (χ0) is 20.4. The van der Waals surface area contributed by atoms with Crippen LogP contribution >= 0.6 is 0 Å². The highest BCUT2D eigenvalue weighted by Gasteiger charge is 2.39. The third-order valence-corrected chi connectivity index (χ3v) is 4.61. The van der Waals surface area contributed by atoms with E-state index in [1.807, 2.05) is 74.5 Å². The molecule has 0 saturated heterocycles. The second kappa shape index (κ2) is 11.0. The van der Waals surface area contributed by atoms with Crippen LogP contribution in [0.4, 0.5) is 0 Å². The Morgan fingerprint density at radius 3 is 1.61 bits per heavy atom. The summed E-state index contributed by atoms with van der Waals surface area (Å²) in [6, 6.07) is 18.5. The number of hydrogen-bond acceptors (Lipinski definition) is 5. The Hall–Kier alpha value is -2.95. The van der Waals surface area contributed by atoms with E-state index in [1.165, 1.54) is 0 Å². The van der Waals surface area contributed by atoms with E-state index < -0.39 is 23.8 Å². The molecule has 148 valence electrons. The third kappa shape index (κ3) is 6.34. The number of hydrogen-bond donors (Lipinski definition) is 0. The van der Waals surface area contributed by atoms with Crippen molar-refractivity contribution in [2.24, 2.45) is 17.8 Å². The van der Waals surface area contributed by atoms with Gasteiger partial charge >= 0.3 is 11.9 Å². The van der Waals surface area contributed by atoms with E-state index in [9.17, 15) is 14.4 Å². The number of ether oxygens (including phenoxy) is 2. The van der Waals surface area contributed by atoms with Gasteiger partial charge < -0.3 is 14.3 Å². The van der Waals surface area contributed by atoms with Crippen molar-refractivity contribution >= 4 is 18.2 Å². The molecule has 0 aliphatic heterocycles. The molecule has 5 heteroatoms. The quantitative estimate of drug-likeness (QED) is 0.353. The molecule has 1 atom stereocenters. The van der Waals surface area contributed by atoms with Crippen molar-refractivity contribution in [2.75, 3.05) is 0 Å². The molecule has 0 unspecified atom stereocenters. The monoisotopic (exact) mass is 382 g/mol. The molecular weight excluding hydrogens is 356 g/mol. The van der Waals surface area contributed by atoms with Crippen LogP contribution in [0.3, 0.4) is 0 Å². The lowest BCUT2D eigenvalue weighted by atomic mass is 9.81. The molecular formula is C23H26O5. The minimum atomic E-state index is -1.14. The topological polar surface area (TPSA) is 69.7 Å². The Morgan fingerprint density at radius 1 is 0.821 bits per heavy atom. The molecule has 0 aromatic heterocycles. The van der Waals surface area contributed by atoms with Gasteiger partial charge in [0.05, 0.1) is 0 Å². The summed E-state index contributed by atoms with van der Waals surface area (Å²) in [4.78, 5) is 36.6. The van der Waals surface area contributed by atoms with Crippen molar-refractivity contribution in [3.63, 3.8) is 0 Å². The van der Waals surface area contributed by atoms with Crippen LogP contribution in [0.5, 0.6) is 0 Å². The van der Waals surface area contributed by atoms with Crippen molar-refractivity contribution in [1.29, 1.82) is 0 Å². The van der Waals surface area contributed by atoms with Crippen molar-refractivity contribution in [2.45, 2.75) is 33.5 Å². The molecule has 0 heterocycles. The van der Waals surface area contributed by atoms with Gasteiger partial charge in [-0.25, -0.2) is 0 Å². The van der Waals surface area contributed by atoms with Crippen LogP contribution in [0.1, 0.15) is 31.4 Å². The van der Waals surface area contributed by atoms with Crippen LogP contribution in [0.25, 0.3) is 0 Å². The van der Waals surface area contributed by atoms with E-state index >= 15 is 0 Å². The molecule has 0 fully saturated rings. The molecule has 0 N–H and O–H groups in total. The number of carbonyl (C=O) groups excluding carboxylic acids is 3. The van der Waals surface area contributed by atoms with E-state index in [0.29, 0.717) is 0 Å². The second-order valence-corrected chi connectivity index (χ2v) is 6.97.